The molecule has 1 aromatic heterocycles. The van der Waals surface area contributed by atoms with E-state index in [1.807, 2.05) is 6.07 Å². The number of carbonyl (C=O) groups is 2. The van der Waals surface area contributed by atoms with Crippen LogP contribution in [0.4, 0.5) is 29.3 Å². The number of methoxy groups -OCH3 is 1. The molecule has 4 fully saturated rings. The SMILES string of the molecule is C=CC(=O)Nc1ccnc(S(=O)(=O)c2ccc(N3CC(F)(CN4CCC([C@@](CN5CCC5)(c5cccc(F)c5)[C@H]5CCC[C@@H]5NC(=O)OC)CC4)C3)c(F)c2)c1. The van der Waals surface area contributed by atoms with Crippen molar-refractivity contribution in [2.24, 2.45) is 11.8 Å². The van der Waals surface area contributed by atoms with Gasteiger partial charge in [-0.25, -0.2) is 31.4 Å². The van der Waals surface area contributed by atoms with E-state index in [4.69, 9.17) is 4.74 Å². The Morgan fingerprint density at radius 3 is 2.43 bits per heavy atom. The number of sulfone groups is 1. The molecule has 300 valence electrons. The number of likely N-dealkylation sites (tertiary alicyclic amines) is 2. The molecular weight excluding hydrogens is 746 g/mol. The number of amides is 2. The van der Waals surface area contributed by atoms with Gasteiger partial charge in [-0.05, 0) is 124 Å². The van der Waals surface area contributed by atoms with Gasteiger partial charge >= 0.3 is 6.09 Å². The van der Waals surface area contributed by atoms with Crippen molar-refractivity contribution >= 4 is 33.2 Å². The molecule has 11 nitrogen and oxygen atoms in total. The van der Waals surface area contributed by atoms with Crippen LogP contribution in [0.15, 0.2) is 83.4 Å². The third kappa shape index (κ3) is 8.03. The van der Waals surface area contributed by atoms with Gasteiger partial charge in [0.2, 0.25) is 15.7 Å². The molecule has 56 heavy (non-hydrogen) atoms. The van der Waals surface area contributed by atoms with E-state index in [0.717, 1.165) is 75.9 Å². The van der Waals surface area contributed by atoms with Crippen LogP contribution >= 0.6 is 0 Å². The molecule has 3 aliphatic heterocycles. The molecule has 2 N–H and O–H groups in total. The van der Waals surface area contributed by atoms with E-state index < -0.39 is 38.7 Å². The van der Waals surface area contributed by atoms with Gasteiger partial charge in [0.1, 0.15) is 11.6 Å². The fourth-order valence-corrected chi connectivity index (χ4v) is 10.7. The van der Waals surface area contributed by atoms with E-state index in [0.29, 0.717) is 13.1 Å². The number of halogens is 3. The molecule has 2 aromatic carbocycles. The number of hydrogen-bond acceptors (Lipinski definition) is 9. The van der Waals surface area contributed by atoms with Gasteiger partial charge in [-0.2, -0.15) is 0 Å². The van der Waals surface area contributed by atoms with Gasteiger partial charge in [-0.1, -0.05) is 25.1 Å². The van der Waals surface area contributed by atoms with Crippen molar-refractivity contribution in [3.63, 3.8) is 0 Å². The Labute approximate surface area is 326 Å². The lowest BCUT2D eigenvalue weighted by molar-refractivity contribution is -0.111. The van der Waals surface area contributed by atoms with Crippen LogP contribution in [-0.2, 0) is 24.8 Å². The first kappa shape index (κ1) is 39.8. The number of aromatic nitrogens is 1. The minimum Gasteiger partial charge on any atom is -0.453 e. The second-order valence-corrected chi connectivity index (χ2v) is 17.6. The minimum absolute atomic E-state index is 0.0479. The van der Waals surface area contributed by atoms with Crippen LogP contribution < -0.4 is 15.5 Å². The number of nitrogens with one attached hydrogen (secondary N) is 2. The summed E-state index contributed by atoms with van der Waals surface area (Å²) in [5, 5.41) is 5.22. The van der Waals surface area contributed by atoms with Gasteiger partial charge < -0.3 is 25.2 Å². The van der Waals surface area contributed by atoms with Crippen LogP contribution in [0.1, 0.15) is 44.1 Å². The van der Waals surface area contributed by atoms with Crippen molar-refractivity contribution in [2.75, 3.05) is 69.7 Å². The third-order valence-corrected chi connectivity index (χ3v) is 13.9. The van der Waals surface area contributed by atoms with E-state index in [9.17, 15) is 22.4 Å². The highest BCUT2D eigenvalue weighted by molar-refractivity contribution is 7.91. The molecular formula is C41H49F3N6O5S. The lowest BCUT2D eigenvalue weighted by atomic mass is 9.57. The lowest BCUT2D eigenvalue weighted by Crippen LogP contribution is -2.65. The summed E-state index contributed by atoms with van der Waals surface area (Å²) in [5.41, 5.74) is -0.783. The van der Waals surface area contributed by atoms with Gasteiger partial charge in [0.25, 0.3) is 0 Å². The topological polar surface area (TPSA) is 124 Å². The van der Waals surface area contributed by atoms with E-state index >= 15 is 8.78 Å². The molecule has 1 saturated carbocycles. The number of benzene rings is 2. The quantitative estimate of drug-likeness (QED) is 0.209. The number of nitrogens with zero attached hydrogens (tertiary/aromatic N) is 4. The van der Waals surface area contributed by atoms with Gasteiger partial charge in [0, 0.05) is 36.4 Å². The fourth-order valence-electron chi connectivity index (χ4n) is 9.51. The zero-order valence-corrected chi connectivity index (χ0v) is 32.4. The minimum atomic E-state index is -4.23. The number of piperidine rings is 1. The molecule has 0 bridgehead atoms. The maximum Gasteiger partial charge on any atom is 0.407 e. The fraction of sp³-hybridized carbons (Fsp3) is 0.488. The van der Waals surface area contributed by atoms with E-state index in [-0.39, 0.29) is 64.6 Å². The molecule has 15 heteroatoms. The molecule has 0 unspecified atom stereocenters. The summed E-state index contributed by atoms with van der Waals surface area (Å²) in [6.07, 6.45) is 7.12. The molecule has 2 amide bonds. The number of rotatable bonds is 13. The van der Waals surface area contributed by atoms with Crippen molar-refractivity contribution in [3.8, 4) is 0 Å². The second kappa shape index (κ2) is 16.2. The molecule has 7 rings (SSSR count). The normalized spacial score (nSPS) is 22.7. The summed E-state index contributed by atoms with van der Waals surface area (Å²) in [5.74, 6) is -1.39. The van der Waals surface area contributed by atoms with E-state index in [1.165, 1.54) is 43.6 Å². The van der Waals surface area contributed by atoms with Crippen molar-refractivity contribution in [1.29, 1.82) is 0 Å². The van der Waals surface area contributed by atoms with Crippen LogP contribution in [0.2, 0.25) is 0 Å². The maximum atomic E-state index is 16.3. The molecule has 3 saturated heterocycles. The summed E-state index contributed by atoms with van der Waals surface area (Å²) in [4.78, 5) is 33.9. The van der Waals surface area contributed by atoms with Crippen LogP contribution in [0.3, 0.4) is 0 Å². The van der Waals surface area contributed by atoms with Crippen LogP contribution in [0.5, 0.6) is 0 Å². The number of alkyl halides is 1. The zero-order chi connectivity index (χ0) is 39.7. The Kier molecular flexibility index (Phi) is 11.5. The molecule has 1 aliphatic carbocycles. The summed E-state index contributed by atoms with van der Waals surface area (Å²) < 4.78 is 78.3. The van der Waals surface area contributed by atoms with E-state index in [2.05, 4.69) is 32.0 Å². The van der Waals surface area contributed by atoms with Gasteiger partial charge in [-0.3, -0.25) is 9.69 Å². The lowest BCUT2D eigenvalue weighted by Gasteiger charge is -2.54. The Morgan fingerprint density at radius 1 is 1.00 bits per heavy atom. The first-order valence-corrected chi connectivity index (χ1v) is 20.7. The molecule has 4 heterocycles. The first-order chi connectivity index (χ1) is 26.8. The monoisotopic (exact) mass is 794 g/mol. The highest BCUT2D eigenvalue weighted by Crippen LogP contribution is 2.52. The van der Waals surface area contributed by atoms with Crippen LogP contribution in [0.25, 0.3) is 0 Å². The van der Waals surface area contributed by atoms with Crippen LogP contribution in [-0.4, -0.2) is 106 Å². The van der Waals surface area contributed by atoms with E-state index in [1.54, 1.807) is 17.0 Å². The number of ether oxygens (including phenoxy) is 1. The Bertz CT molecular complexity index is 2050. The highest BCUT2D eigenvalue weighted by atomic mass is 32.2. The van der Waals surface area contributed by atoms with Gasteiger partial charge in [0.15, 0.2) is 10.7 Å². The molecule has 0 radical (unpaired) electrons. The standard InChI is InChI=1S/C41H49F3N6O5S/c1-3-37(51)46-31-13-16-45-38(22-31)56(53,54)32-11-12-36(34(43)23-32)50-25-40(44,26-50)24-49-19-14-28(15-20-49)41(27-48-17-6-18-48,29-7-4-8-30(42)21-29)33-9-5-10-35(33)47-39(52)55-2/h3-4,7-8,11-13,16,21-23,28,33,35H,1,5-6,9-10,14-15,17-20,24-27H2,2H3,(H,47,52)(H,45,46,51)/t33-,35-,41-/m0/s1. The maximum absolute atomic E-state index is 16.3. The summed E-state index contributed by atoms with van der Waals surface area (Å²) in [6, 6.07) is 12.9. The predicted molar refractivity (Wildman–Crippen MR) is 206 cm³/mol. The van der Waals surface area contributed by atoms with Crippen molar-refractivity contribution < 1.29 is 35.9 Å². The molecule has 0 spiro atoms. The number of pyridine rings is 1. The largest absolute Gasteiger partial charge is 0.453 e. The number of hydrogen-bond donors (Lipinski definition) is 2. The third-order valence-electron chi connectivity index (χ3n) is 12.3. The summed E-state index contributed by atoms with van der Waals surface area (Å²) in [7, 11) is -2.86. The average Bonchev–Trinajstić information content (AvgIpc) is 3.62. The summed E-state index contributed by atoms with van der Waals surface area (Å²) >= 11 is 0. The Morgan fingerprint density at radius 2 is 1.77 bits per heavy atom. The first-order valence-electron chi connectivity index (χ1n) is 19.3. The van der Waals surface area contributed by atoms with Crippen molar-refractivity contribution in [3.05, 3.63) is 90.6 Å². The van der Waals surface area contributed by atoms with Crippen molar-refractivity contribution in [2.45, 2.75) is 65.6 Å². The average molecular weight is 795 g/mol. The summed E-state index contributed by atoms with van der Waals surface area (Å²) in [6.45, 7) is 7.44. The van der Waals surface area contributed by atoms with Crippen LogP contribution in [0, 0.1) is 23.5 Å². The number of anilines is 2. The number of carbonyl (C=O) groups excluding carboxylic acids is 2. The smallest absolute Gasteiger partial charge is 0.407 e. The molecule has 3 atom stereocenters. The predicted octanol–water partition coefficient (Wildman–Crippen LogP) is 5.73. The molecule has 4 aliphatic rings. The second-order valence-electron chi connectivity index (χ2n) is 15.7. The highest BCUT2D eigenvalue weighted by Gasteiger charge is 2.54. The molecule has 3 aromatic rings. The van der Waals surface area contributed by atoms with Crippen molar-refractivity contribution in [1.82, 2.24) is 20.1 Å². The Balaban J connectivity index is 1.03. The Hall–Kier alpha value is -4.47. The van der Waals surface area contributed by atoms with Gasteiger partial charge in [-0.15, -0.1) is 0 Å². The van der Waals surface area contributed by atoms with Gasteiger partial charge in [0.05, 0.1) is 30.8 Å². The number of alkyl carbamates (subject to hydrolysis) is 1. The zero-order valence-electron chi connectivity index (χ0n) is 31.6.